The molecular weight excluding hydrogens is 446 g/mol. The van der Waals surface area contributed by atoms with Crippen LogP contribution in [-0.4, -0.2) is 30.2 Å². The molecule has 0 spiro atoms. The number of carbonyl (C=O) groups excluding carboxylic acids is 1. The number of hydrogen-bond donors (Lipinski definition) is 1. The van der Waals surface area contributed by atoms with E-state index in [1.807, 2.05) is 36.4 Å². The minimum atomic E-state index is -3.68. The van der Waals surface area contributed by atoms with Crippen molar-refractivity contribution in [1.82, 2.24) is 9.29 Å². The van der Waals surface area contributed by atoms with Gasteiger partial charge in [0, 0.05) is 30.2 Å². The van der Waals surface area contributed by atoms with Gasteiger partial charge in [-0.2, -0.15) is 4.31 Å². The second kappa shape index (κ2) is 9.68. The molecule has 178 valence electrons. The van der Waals surface area contributed by atoms with E-state index in [9.17, 15) is 13.2 Å². The van der Waals surface area contributed by atoms with E-state index in [4.69, 9.17) is 0 Å². The van der Waals surface area contributed by atoms with Crippen LogP contribution in [0.1, 0.15) is 67.6 Å². The highest BCUT2D eigenvalue weighted by atomic mass is 32.2. The lowest BCUT2D eigenvalue weighted by atomic mass is 9.87. The summed E-state index contributed by atoms with van der Waals surface area (Å²) in [4.78, 5) is 17.0. The highest BCUT2D eigenvalue weighted by Gasteiger charge is 2.34. The van der Waals surface area contributed by atoms with E-state index in [1.165, 1.54) is 0 Å². The van der Waals surface area contributed by atoms with Gasteiger partial charge in [0.1, 0.15) is 0 Å². The highest BCUT2D eigenvalue weighted by molar-refractivity contribution is 7.89. The molecule has 0 aliphatic carbocycles. The number of piperidine rings is 1. The van der Waals surface area contributed by atoms with Crippen molar-refractivity contribution in [3.63, 3.8) is 0 Å². The van der Waals surface area contributed by atoms with Crippen LogP contribution in [-0.2, 0) is 15.4 Å². The van der Waals surface area contributed by atoms with Crippen molar-refractivity contribution in [3.05, 3.63) is 89.7 Å². The van der Waals surface area contributed by atoms with Gasteiger partial charge in [0.05, 0.1) is 10.9 Å². The molecule has 3 aromatic rings. The van der Waals surface area contributed by atoms with Crippen LogP contribution in [0, 0.1) is 0 Å². The predicted molar refractivity (Wildman–Crippen MR) is 134 cm³/mol. The Morgan fingerprint density at radius 2 is 1.71 bits per heavy atom. The Hall–Kier alpha value is -3.03. The molecule has 1 N–H and O–H groups in total. The van der Waals surface area contributed by atoms with Crippen molar-refractivity contribution in [1.29, 1.82) is 0 Å². The number of amides is 1. The molecule has 1 atom stereocenters. The number of rotatable bonds is 5. The average molecular weight is 478 g/mol. The molecule has 1 amide bonds. The van der Waals surface area contributed by atoms with Gasteiger partial charge in [0.2, 0.25) is 10.0 Å². The van der Waals surface area contributed by atoms with Gasteiger partial charge >= 0.3 is 0 Å². The van der Waals surface area contributed by atoms with E-state index in [0.717, 1.165) is 30.4 Å². The first-order chi connectivity index (χ1) is 16.2. The molecule has 2 aromatic carbocycles. The van der Waals surface area contributed by atoms with Gasteiger partial charge in [-0.1, -0.05) is 45.4 Å². The third-order valence-corrected chi connectivity index (χ3v) is 8.18. The number of nitrogens with one attached hydrogen (secondary N) is 1. The number of carbonyl (C=O) groups is 1. The summed E-state index contributed by atoms with van der Waals surface area (Å²) in [6, 6.07) is 17.5. The Bertz CT molecular complexity index is 1230. The summed E-state index contributed by atoms with van der Waals surface area (Å²) < 4.78 is 28.5. The van der Waals surface area contributed by atoms with Crippen molar-refractivity contribution in [3.8, 4) is 0 Å². The second-order valence-corrected chi connectivity index (χ2v) is 11.6. The number of pyridine rings is 1. The van der Waals surface area contributed by atoms with Crippen LogP contribution in [0.2, 0.25) is 0 Å². The first kappa shape index (κ1) is 24.1. The summed E-state index contributed by atoms with van der Waals surface area (Å²) in [5, 5.41) is 2.85. The molecule has 1 aromatic heterocycles. The molecule has 2 heterocycles. The lowest BCUT2D eigenvalue weighted by molar-refractivity contribution is 0.102. The monoisotopic (exact) mass is 477 g/mol. The van der Waals surface area contributed by atoms with Crippen molar-refractivity contribution < 1.29 is 13.2 Å². The SMILES string of the molecule is CC(C)(C)c1ccc(C(=O)Nc2ccc(S(=O)(=O)N3CCCC[C@H]3c3cccnc3)cc2)cc1. The first-order valence-corrected chi connectivity index (χ1v) is 13.0. The van der Waals surface area contributed by atoms with Gasteiger partial charge < -0.3 is 5.32 Å². The first-order valence-electron chi connectivity index (χ1n) is 11.6. The summed E-state index contributed by atoms with van der Waals surface area (Å²) >= 11 is 0. The summed E-state index contributed by atoms with van der Waals surface area (Å²) in [5.41, 5.74) is 3.18. The number of sulfonamides is 1. The topological polar surface area (TPSA) is 79.4 Å². The van der Waals surface area contributed by atoms with Crippen LogP contribution in [0.5, 0.6) is 0 Å². The molecule has 6 nitrogen and oxygen atoms in total. The third-order valence-electron chi connectivity index (χ3n) is 6.25. The summed E-state index contributed by atoms with van der Waals surface area (Å²) in [6.07, 6.45) is 6.01. The Balaban J connectivity index is 1.49. The predicted octanol–water partition coefficient (Wildman–Crippen LogP) is 5.55. The van der Waals surface area contributed by atoms with Crippen molar-refractivity contribution in [2.45, 2.75) is 56.4 Å². The largest absolute Gasteiger partial charge is 0.322 e. The van der Waals surface area contributed by atoms with Gasteiger partial charge in [-0.3, -0.25) is 9.78 Å². The molecule has 1 saturated heterocycles. The maximum absolute atomic E-state index is 13.5. The smallest absolute Gasteiger partial charge is 0.255 e. The lowest BCUT2D eigenvalue weighted by Crippen LogP contribution is -2.38. The van der Waals surface area contributed by atoms with Crippen molar-refractivity contribution in [2.75, 3.05) is 11.9 Å². The number of benzene rings is 2. The summed E-state index contributed by atoms with van der Waals surface area (Å²) in [6.45, 7) is 6.85. The molecule has 1 fully saturated rings. The average Bonchev–Trinajstić information content (AvgIpc) is 2.84. The van der Waals surface area contributed by atoms with Gasteiger partial charge in [-0.05, 0) is 71.8 Å². The zero-order chi connectivity index (χ0) is 24.3. The molecule has 4 rings (SSSR count). The maximum atomic E-state index is 13.5. The van der Waals surface area contributed by atoms with E-state index in [1.54, 1.807) is 41.0 Å². The van der Waals surface area contributed by atoms with Crippen LogP contribution in [0.3, 0.4) is 0 Å². The normalized spacial score (nSPS) is 17.3. The molecule has 7 heteroatoms. The second-order valence-electron chi connectivity index (χ2n) is 9.72. The van der Waals surface area contributed by atoms with Gasteiger partial charge in [-0.15, -0.1) is 0 Å². The highest BCUT2D eigenvalue weighted by Crippen LogP contribution is 2.35. The zero-order valence-corrected chi connectivity index (χ0v) is 20.7. The Morgan fingerprint density at radius 1 is 1.00 bits per heavy atom. The van der Waals surface area contributed by atoms with E-state index < -0.39 is 10.0 Å². The fourth-order valence-electron chi connectivity index (χ4n) is 4.27. The van der Waals surface area contributed by atoms with E-state index >= 15 is 0 Å². The Kier molecular flexibility index (Phi) is 6.86. The quantitative estimate of drug-likeness (QED) is 0.523. The number of hydrogen-bond acceptors (Lipinski definition) is 4. The number of aromatic nitrogens is 1. The van der Waals surface area contributed by atoms with E-state index in [-0.39, 0.29) is 22.3 Å². The van der Waals surface area contributed by atoms with Crippen LogP contribution in [0.25, 0.3) is 0 Å². The summed E-state index contributed by atoms with van der Waals surface area (Å²) in [7, 11) is -3.68. The minimum absolute atomic E-state index is 0.0146. The van der Waals surface area contributed by atoms with Crippen molar-refractivity contribution in [2.24, 2.45) is 0 Å². The zero-order valence-electron chi connectivity index (χ0n) is 19.9. The van der Waals surface area contributed by atoms with Crippen LogP contribution >= 0.6 is 0 Å². The Morgan fingerprint density at radius 3 is 2.32 bits per heavy atom. The molecule has 0 saturated carbocycles. The Labute approximate surface area is 202 Å². The van der Waals surface area contributed by atoms with Gasteiger partial charge in [0.25, 0.3) is 5.91 Å². The lowest BCUT2D eigenvalue weighted by Gasteiger charge is -2.34. The number of anilines is 1. The van der Waals surface area contributed by atoms with E-state index in [2.05, 4.69) is 31.1 Å². The third kappa shape index (κ3) is 5.21. The molecule has 0 unspecified atom stereocenters. The van der Waals surface area contributed by atoms with Crippen molar-refractivity contribution >= 4 is 21.6 Å². The maximum Gasteiger partial charge on any atom is 0.255 e. The summed E-state index contributed by atoms with van der Waals surface area (Å²) in [5.74, 6) is -0.233. The molecule has 1 aliphatic heterocycles. The van der Waals surface area contributed by atoms with Crippen LogP contribution in [0.4, 0.5) is 5.69 Å². The fraction of sp³-hybridized carbons (Fsp3) is 0.333. The standard InChI is InChI=1S/C27H31N3O3S/c1-27(2,3)22-11-9-20(10-12-22)26(31)29-23-13-15-24(16-14-23)34(32,33)30-18-5-4-8-25(30)21-7-6-17-28-19-21/h6-7,9-17,19,25H,4-5,8,18H2,1-3H3,(H,29,31)/t25-/m0/s1. The van der Waals surface area contributed by atoms with Crippen LogP contribution < -0.4 is 5.32 Å². The molecule has 1 aliphatic rings. The van der Waals surface area contributed by atoms with E-state index in [0.29, 0.717) is 17.8 Å². The fourth-order valence-corrected chi connectivity index (χ4v) is 5.95. The van der Waals surface area contributed by atoms with Gasteiger partial charge in [-0.25, -0.2) is 8.42 Å². The molecule has 34 heavy (non-hydrogen) atoms. The van der Waals surface area contributed by atoms with Gasteiger partial charge in [0.15, 0.2) is 0 Å². The molecule has 0 bridgehead atoms. The number of nitrogens with zero attached hydrogens (tertiary/aromatic N) is 2. The molecular formula is C27H31N3O3S. The minimum Gasteiger partial charge on any atom is -0.322 e. The molecule has 0 radical (unpaired) electrons. The van der Waals surface area contributed by atoms with Crippen LogP contribution in [0.15, 0.2) is 78.0 Å².